The van der Waals surface area contributed by atoms with Gasteiger partial charge in [0.1, 0.15) is 5.69 Å². The van der Waals surface area contributed by atoms with Crippen LogP contribution in [0.2, 0.25) is 5.02 Å². The second-order valence-corrected chi connectivity index (χ2v) is 5.06. The molecule has 2 aromatic carbocycles. The van der Waals surface area contributed by atoms with E-state index in [1.165, 1.54) is 24.4 Å². The highest BCUT2D eigenvalue weighted by molar-refractivity contribution is 6.31. The van der Waals surface area contributed by atoms with Gasteiger partial charge in [-0.2, -0.15) is 0 Å². The number of anilines is 1. The Morgan fingerprint density at radius 1 is 1.22 bits per heavy atom. The fourth-order valence-electron chi connectivity index (χ4n) is 2.03. The van der Waals surface area contributed by atoms with Crippen LogP contribution in [0, 0.1) is 10.1 Å². The lowest BCUT2D eigenvalue weighted by molar-refractivity contribution is -0.383. The summed E-state index contributed by atoms with van der Waals surface area (Å²) in [7, 11) is 0. The first-order valence-corrected chi connectivity index (χ1v) is 6.89. The maximum Gasteiger partial charge on any atom is 0.293 e. The Balaban J connectivity index is 1.92. The first kappa shape index (κ1) is 14.9. The molecule has 0 bridgehead atoms. The number of nitro groups is 1. The second-order valence-electron chi connectivity index (χ2n) is 4.63. The SMILES string of the molecule is O=C(Nc1ccccc1[N+](=O)[O-])c1ncc2cc(Cl)ccc2n1. The Morgan fingerprint density at radius 2 is 2.00 bits per heavy atom. The third-order valence-corrected chi connectivity index (χ3v) is 3.33. The molecule has 3 rings (SSSR count). The number of carbonyl (C=O) groups is 1. The highest BCUT2D eigenvalue weighted by atomic mass is 35.5. The van der Waals surface area contributed by atoms with E-state index in [4.69, 9.17) is 11.6 Å². The molecule has 1 heterocycles. The fourth-order valence-corrected chi connectivity index (χ4v) is 2.21. The number of nitrogens with one attached hydrogen (secondary N) is 1. The summed E-state index contributed by atoms with van der Waals surface area (Å²) < 4.78 is 0. The molecule has 0 fully saturated rings. The summed E-state index contributed by atoms with van der Waals surface area (Å²) in [4.78, 5) is 30.7. The summed E-state index contributed by atoms with van der Waals surface area (Å²) in [5.41, 5.74) is 0.438. The van der Waals surface area contributed by atoms with Crippen molar-refractivity contribution in [2.75, 3.05) is 5.32 Å². The van der Waals surface area contributed by atoms with Gasteiger partial charge >= 0.3 is 0 Å². The minimum Gasteiger partial charge on any atom is -0.313 e. The standard InChI is InChI=1S/C15H9ClN4O3/c16-10-5-6-11-9(7-10)8-17-14(18-11)15(21)19-12-3-1-2-4-13(12)20(22)23/h1-8H,(H,19,21). The van der Waals surface area contributed by atoms with Crippen LogP contribution in [0.5, 0.6) is 0 Å². The van der Waals surface area contributed by atoms with Crippen molar-refractivity contribution < 1.29 is 9.72 Å². The topological polar surface area (TPSA) is 98.0 Å². The minimum atomic E-state index is -0.629. The van der Waals surface area contributed by atoms with Gasteiger partial charge in [0.25, 0.3) is 11.6 Å². The number of carbonyl (C=O) groups excluding carboxylic acids is 1. The van der Waals surface area contributed by atoms with Crippen LogP contribution in [0.1, 0.15) is 10.6 Å². The monoisotopic (exact) mass is 328 g/mol. The second kappa shape index (κ2) is 5.98. The number of fused-ring (bicyclic) bond motifs is 1. The van der Waals surface area contributed by atoms with E-state index in [1.807, 2.05) is 0 Å². The van der Waals surface area contributed by atoms with Crippen LogP contribution >= 0.6 is 11.6 Å². The average Bonchev–Trinajstić information content (AvgIpc) is 2.54. The zero-order valence-electron chi connectivity index (χ0n) is 11.6. The number of hydrogen-bond acceptors (Lipinski definition) is 5. The molecule has 0 aliphatic heterocycles. The molecule has 8 heteroatoms. The minimum absolute atomic E-state index is 0.0852. The molecular formula is C15H9ClN4O3. The van der Waals surface area contributed by atoms with E-state index in [1.54, 1.807) is 24.3 Å². The Kier molecular flexibility index (Phi) is 3.86. The quantitative estimate of drug-likeness (QED) is 0.586. The van der Waals surface area contributed by atoms with Gasteiger partial charge < -0.3 is 5.32 Å². The molecule has 0 atom stereocenters. The van der Waals surface area contributed by atoms with Crippen molar-refractivity contribution in [3.8, 4) is 0 Å². The van der Waals surface area contributed by atoms with Crippen LogP contribution in [-0.4, -0.2) is 20.8 Å². The van der Waals surface area contributed by atoms with Crippen molar-refractivity contribution in [1.29, 1.82) is 0 Å². The number of para-hydroxylation sites is 2. The summed E-state index contributed by atoms with van der Waals surface area (Å²) in [5, 5.41) is 14.6. The number of aromatic nitrogens is 2. The molecule has 1 aromatic heterocycles. The zero-order chi connectivity index (χ0) is 16.4. The van der Waals surface area contributed by atoms with Gasteiger partial charge in [-0.25, -0.2) is 9.97 Å². The van der Waals surface area contributed by atoms with Gasteiger partial charge in [-0.1, -0.05) is 23.7 Å². The van der Waals surface area contributed by atoms with E-state index in [0.717, 1.165) is 0 Å². The lowest BCUT2D eigenvalue weighted by Gasteiger charge is -2.05. The Hall–Kier alpha value is -3.06. The van der Waals surface area contributed by atoms with Crippen LogP contribution in [0.4, 0.5) is 11.4 Å². The zero-order valence-corrected chi connectivity index (χ0v) is 12.3. The molecule has 0 aliphatic carbocycles. The summed E-state index contributed by atoms with van der Waals surface area (Å²) in [6.45, 7) is 0. The molecule has 0 aliphatic rings. The number of nitro benzene ring substituents is 1. The third-order valence-electron chi connectivity index (χ3n) is 3.09. The van der Waals surface area contributed by atoms with E-state index in [0.29, 0.717) is 15.9 Å². The predicted octanol–water partition coefficient (Wildman–Crippen LogP) is 3.44. The van der Waals surface area contributed by atoms with Crippen LogP contribution in [0.15, 0.2) is 48.7 Å². The van der Waals surface area contributed by atoms with Crippen LogP contribution in [0.25, 0.3) is 10.9 Å². The Bertz CT molecular complexity index is 929. The van der Waals surface area contributed by atoms with Crippen LogP contribution in [0.3, 0.4) is 0 Å². The van der Waals surface area contributed by atoms with Gasteiger partial charge in [-0.05, 0) is 24.3 Å². The van der Waals surface area contributed by atoms with Crippen molar-refractivity contribution in [1.82, 2.24) is 9.97 Å². The first-order chi connectivity index (χ1) is 11.0. The number of hydrogen-bond donors (Lipinski definition) is 1. The van der Waals surface area contributed by atoms with Crippen molar-refractivity contribution >= 4 is 39.8 Å². The third kappa shape index (κ3) is 3.09. The predicted molar refractivity (Wildman–Crippen MR) is 85.6 cm³/mol. The highest BCUT2D eigenvalue weighted by Crippen LogP contribution is 2.23. The lowest BCUT2D eigenvalue weighted by Crippen LogP contribution is -2.16. The molecule has 1 amide bonds. The Morgan fingerprint density at radius 3 is 2.78 bits per heavy atom. The number of amides is 1. The largest absolute Gasteiger partial charge is 0.313 e. The molecule has 3 aromatic rings. The molecule has 0 radical (unpaired) electrons. The summed E-state index contributed by atoms with van der Waals surface area (Å²) in [5.74, 6) is -0.714. The molecule has 0 saturated carbocycles. The van der Waals surface area contributed by atoms with Gasteiger partial charge in [0, 0.05) is 22.7 Å². The summed E-state index contributed by atoms with van der Waals surface area (Å²) >= 11 is 5.88. The normalized spacial score (nSPS) is 10.5. The van der Waals surface area contributed by atoms with E-state index in [-0.39, 0.29) is 17.2 Å². The molecule has 114 valence electrons. The highest BCUT2D eigenvalue weighted by Gasteiger charge is 2.17. The van der Waals surface area contributed by atoms with Gasteiger partial charge in [0.15, 0.2) is 0 Å². The number of benzene rings is 2. The van der Waals surface area contributed by atoms with Crippen molar-refractivity contribution in [2.45, 2.75) is 0 Å². The number of rotatable bonds is 3. The summed E-state index contributed by atoms with van der Waals surface area (Å²) in [6.07, 6.45) is 1.47. The molecular weight excluding hydrogens is 320 g/mol. The molecule has 1 N–H and O–H groups in total. The van der Waals surface area contributed by atoms with Crippen molar-refractivity contribution in [3.05, 3.63) is 69.6 Å². The molecule has 7 nitrogen and oxygen atoms in total. The van der Waals surface area contributed by atoms with Crippen molar-refractivity contribution in [3.63, 3.8) is 0 Å². The average molecular weight is 329 g/mol. The van der Waals surface area contributed by atoms with E-state index < -0.39 is 10.8 Å². The van der Waals surface area contributed by atoms with Gasteiger partial charge in [-0.3, -0.25) is 14.9 Å². The molecule has 0 saturated heterocycles. The Labute approximate surface area is 135 Å². The lowest BCUT2D eigenvalue weighted by atomic mass is 10.2. The number of halogens is 1. The molecule has 0 unspecified atom stereocenters. The first-order valence-electron chi connectivity index (χ1n) is 6.51. The van der Waals surface area contributed by atoms with E-state index in [2.05, 4.69) is 15.3 Å². The van der Waals surface area contributed by atoms with Crippen LogP contribution < -0.4 is 5.32 Å². The smallest absolute Gasteiger partial charge is 0.293 e. The van der Waals surface area contributed by atoms with E-state index in [9.17, 15) is 14.9 Å². The van der Waals surface area contributed by atoms with Gasteiger partial charge in [0.05, 0.1) is 10.4 Å². The maximum absolute atomic E-state index is 12.2. The van der Waals surface area contributed by atoms with E-state index >= 15 is 0 Å². The van der Waals surface area contributed by atoms with Crippen molar-refractivity contribution in [2.24, 2.45) is 0 Å². The van der Waals surface area contributed by atoms with Gasteiger partial charge in [0.2, 0.25) is 5.82 Å². The van der Waals surface area contributed by atoms with Gasteiger partial charge in [-0.15, -0.1) is 0 Å². The fraction of sp³-hybridized carbons (Fsp3) is 0. The molecule has 0 spiro atoms. The number of nitrogens with zero attached hydrogens (tertiary/aromatic N) is 3. The molecule has 23 heavy (non-hydrogen) atoms. The van der Waals surface area contributed by atoms with Crippen LogP contribution in [-0.2, 0) is 0 Å². The summed E-state index contributed by atoms with van der Waals surface area (Å²) in [6, 6.07) is 10.9. The maximum atomic E-state index is 12.2.